The third-order valence-electron chi connectivity index (χ3n) is 2.51. The van der Waals surface area contributed by atoms with Crippen molar-refractivity contribution < 1.29 is 4.79 Å². The van der Waals surface area contributed by atoms with Gasteiger partial charge in [0.1, 0.15) is 5.01 Å². The standard InChI is InChI=1S/C13H16N4OS/c1-9-3-5-11(6-4-9)7-14-8-12(18)15-13-17-16-10(2)19-13/h3-6,14H,7-8H2,1-2H3,(H,15,17,18). The van der Waals surface area contributed by atoms with Crippen LogP contribution in [-0.2, 0) is 11.3 Å². The first-order chi connectivity index (χ1) is 9.13. The van der Waals surface area contributed by atoms with Crippen LogP contribution in [0.4, 0.5) is 5.13 Å². The Bertz CT molecular complexity index is 550. The largest absolute Gasteiger partial charge is 0.304 e. The molecule has 5 nitrogen and oxygen atoms in total. The van der Waals surface area contributed by atoms with Crippen molar-refractivity contribution in [3.63, 3.8) is 0 Å². The zero-order valence-corrected chi connectivity index (χ0v) is 11.8. The van der Waals surface area contributed by atoms with E-state index >= 15 is 0 Å². The lowest BCUT2D eigenvalue weighted by Gasteiger charge is -2.05. The van der Waals surface area contributed by atoms with Crippen LogP contribution in [-0.4, -0.2) is 22.6 Å². The van der Waals surface area contributed by atoms with E-state index in [0.717, 1.165) is 10.6 Å². The lowest BCUT2D eigenvalue weighted by Crippen LogP contribution is -2.27. The molecule has 19 heavy (non-hydrogen) atoms. The summed E-state index contributed by atoms with van der Waals surface area (Å²) in [7, 11) is 0. The van der Waals surface area contributed by atoms with Gasteiger partial charge in [0.2, 0.25) is 11.0 Å². The fraction of sp³-hybridized carbons (Fsp3) is 0.308. The second-order valence-electron chi connectivity index (χ2n) is 4.26. The van der Waals surface area contributed by atoms with E-state index in [4.69, 9.17) is 0 Å². The summed E-state index contributed by atoms with van der Waals surface area (Å²) in [6, 6.07) is 8.21. The molecule has 0 atom stereocenters. The van der Waals surface area contributed by atoms with Crippen molar-refractivity contribution in [1.82, 2.24) is 15.5 Å². The molecule has 0 radical (unpaired) electrons. The average molecular weight is 276 g/mol. The van der Waals surface area contributed by atoms with Crippen molar-refractivity contribution in [2.75, 3.05) is 11.9 Å². The van der Waals surface area contributed by atoms with Crippen LogP contribution in [0.25, 0.3) is 0 Å². The fourth-order valence-corrected chi connectivity index (χ4v) is 2.14. The number of hydrogen-bond acceptors (Lipinski definition) is 5. The van der Waals surface area contributed by atoms with E-state index < -0.39 is 0 Å². The third-order valence-corrected chi connectivity index (χ3v) is 3.26. The SMILES string of the molecule is Cc1ccc(CNCC(=O)Nc2nnc(C)s2)cc1. The second kappa shape index (κ2) is 6.40. The van der Waals surface area contributed by atoms with Crippen molar-refractivity contribution in [2.45, 2.75) is 20.4 Å². The van der Waals surface area contributed by atoms with E-state index in [-0.39, 0.29) is 12.5 Å². The van der Waals surface area contributed by atoms with Crippen molar-refractivity contribution in [1.29, 1.82) is 0 Å². The van der Waals surface area contributed by atoms with Crippen LogP contribution in [0, 0.1) is 13.8 Å². The van der Waals surface area contributed by atoms with Gasteiger partial charge in [0.25, 0.3) is 0 Å². The average Bonchev–Trinajstić information content (AvgIpc) is 2.77. The van der Waals surface area contributed by atoms with Crippen molar-refractivity contribution in [2.24, 2.45) is 0 Å². The summed E-state index contributed by atoms with van der Waals surface area (Å²) in [5.74, 6) is -0.108. The van der Waals surface area contributed by atoms with Crippen LogP contribution in [0.1, 0.15) is 16.1 Å². The number of anilines is 1. The van der Waals surface area contributed by atoms with Crippen molar-refractivity contribution in [3.8, 4) is 0 Å². The lowest BCUT2D eigenvalue weighted by atomic mass is 10.1. The Morgan fingerprint density at radius 3 is 2.58 bits per heavy atom. The number of rotatable bonds is 5. The van der Waals surface area contributed by atoms with Crippen LogP contribution in [0.15, 0.2) is 24.3 Å². The molecule has 1 heterocycles. The highest BCUT2D eigenvalue weighted by molar-refractivity contribution is 7.15. The molecule has 0 unspecified atom stereocenters. The molecular formula is C13H16N4OS. The predicted molar refractivity (Wildman–Crippen MR) is 76.2 cm³/mol. The Labute approximate surface area is 116 Å². The van der Waals surface area contributed by atoms with Crippen molar-refractivity contribution in [3.05, 3.63) is 40.4 Å². The minimum atomic E-state index is -0.108. The van der Waals surface area contributed by atoms with E-state index in [0.29, 0.717) is 11.7 Å². The first kappa shape index (κ1) is 13.6. The molecular weight excluding hydrogens is 260 g/mol. The number of carbonyl (C=O) groups is 1. The molecule has 0 aliphatic rings. The van der Waals surface area contributed by atoms with Gasteiger partial charge < -0.3 is 5.32 Å². The summed E-state index contributed by atoms with van der Waals surface area (Å²) in [5, 5.41) is 14.9. The molecule has 0 bridgehead atoms. The molecule has 0 saturated carbocycles. The Hall–Kier alpha value is -1.79. The molecule has 100 valence electrons. The minimum absolute atomic E-state index is 0.108. The Morgan fingerprint density at radius 1 is 1.21 bits per heavy atom. The summed E-state index contributed by atoms with van der Waals surface area (Å²) in [5.41, 5.74) is 2.39. The number of nitrogens with one attached hydrogen (secondary N) is 2. The minimum Gasteiger partial charge on any atom is -0.304 e. The topological polar surface area (TPSA) is 66.9 Å². The molecule has 0 aliphatic carbocycles. The number of aryl methyl sites for hydroxylation is 2. The quantitative estimate of drug-likeness (QED) is 0.875. The van der Waals surface area contributed by atoms with Gasteiger partial charge in [0, 0.05) is 6.54 Å². The monoisotopic (exact) mass is 276 g/mol. The number of nitrogens with zero attached hydrogens (tertiary/aromatic N) is 2. The van der Waals surface area contributed by atoms with Crippen LogP contribution in [0.3, 0.4) is 0 Å². The maximum atomic E-state index is 11.6. The summed E-state index contributed by atoms with van der Waals surface area (Å²) in [6.07, 6.45) is 0. The fourth-order valence-electron chi connectivity index (χ4n) is 1.54. The molecule has 2 aromatic rings. The van der Waals surface area contributed by atoms with Crippen LogP contribution in [0.2, 0.25) is 0 Å². The second-order valence-corrected chi connectivity index (χ2v) is 5.45. The molecule has 0 saturated heterocycles. The highest BCUT2D eigenvalue weighted by Gasteiger charge is 2.05. The van der Waals surface area contributed by atoms with Gasteiger partial charge in [-0.3, -0.25) is 10.1 Å². The highest BCUT2D eigenvalue weighted by Crippen LogP contribution is 2.12. The van der Waals surface area contributed by atoms with Gasteiger partial charge in [-0.15, -0.1) is 10.2 Å². The Kier molecular flexibility index (Phi) is 4.59. The zero-order chi connectivity index (χ0) is 13.7. The Morgan fingerprint density at radius 2 is 1.95 bits per heavy atom. The van der Waals surface area contributed by atoms with Gasteiger partial charge in [0.15, 0.2) is 0 Å². The molecule has 2 N–H and O–H groups in total. The van der Waals surface area contributed by atoms with Gasteiger partial charge in [-0.2, -0.15) is 0 Å². The lowest BCUT2D eigenvalue weighted by molar-refractivity contribution is -0.115. The van der Waals surface area contributed by atoms with Gasteiger partial charge in [-0.05, 0) is 19.4 Å². The van der Waals surface area contributed by atoms with Crippen LogP contribution in [0.5, 0.6) is 0 Å². The summed E-state index contributed by atoms with van der Waals surface area (Å²) < 4.78 is 0. The summed E-state index contributed by atoms with van der Waals surface area (Å²) >= 11 is 1.37. The number of carbonyl (C=O) groups excluding carboxylic acids is 1. The molecule has 0 aliphatic heterocycles. The van der Waals surface area contributed by atoms with Crippen LogP contribution >= 0.6 is 11.3 Å². The molecule has 1 aromatic carbocycles. The normalized spacial score (nSPS) is 10.4. The third kappa shape index (κ3) is 4.42. The molecule has 2 rings (SSSR count). The number of hydrogen-bond donors (Lipinski definition) is 2. The predicted octanol–water partition coefficient (Wildman–Crippen LogP) is 1.88. The van der Waals surface area contributed by atoms with Gasteiger partial charge in [-0.25, -0.2) is 0 Å². The maximum Gasteiger partial charge on any atom is 0.240 e. The maximum absolute atomic E-state index is 11.6. The Balaban J connectivity index is 1.73. The zero-order valence-electron chi connectivity index (χ0n) is 10.9. The van der Waals surface area contributed by atoms with E-state index in [9.17, 15) is 4.79 Å². The number of benzene rings is 1. The summed E-state index contributed by atoms with van der Waals surface area (Å²) in [6.45, 7) is 4.83. The smallest absolute Gasteiger partial charge is 0.240 e. The number of amides is 1. The summed E-state index contributed by atoms with van der Waals surface area (Å²) in [4.78, 5) is 11.6. The molecule has 6 heteroatoms. The molecule has 1 aromatic heterocycles. The first-order valence-electron chi connectivity index (χ1n) is 6.00. The van der Waals surface area contributed by atoms with Gasteiger partial charge in [-0.1, -0.05) is 41.2 Å². The first-order valence-corrected chi connectivity index (χ1v) is 6.81. The van der Waals surface area contributed by atoms with E-state index in [1.807, 2.05) is 19.1 Å². The van der Waals surface area contributed by atoms with E-state index in [1.165, 1.54) is 16.9 Å². The van der Waals surface area contributed by atoms with Gasteiger partial charge >= 0.3 is 0 Å². The van der Waals surface area contributed by atoms with Gasteiger partial charge in [0.05, 0.1) is 6.54 Å². The number of aromatic nitrogens is 2. The van der Waals surface area contributed by atoms with E-state index in [2.05, 4.69) is 39.9 Å². The molecule has 0 spiro atoms. The molecule has 1 amide bonds. The van der Waals surface area contributed by atoms with Crippen molar-refractivity contribution >= 4 is 22.4 Å². The highest BCUT2D eigenvalue weighted by atomic mass is 32.1. The van der Waals surface area contributed by atoms with Crippen LogP contribution < -0.4 is 10.6 Å². The van der Waals surface area contributed by atoms with E-state index in [1.54, 1.807) is 0 Å². The molecule has 0 fully saturated rings.